The molecule has 1 aromatic carbocycles. The van der Waals surface area contributed by atoms with Crippen LogP contribution in [-0.4, -0.2) is 15.4 Å². The molecule has 0 atom stereocenters. The van der Waals surface area contributed by atoms with Crippen molar-refractivity contribution in [3.05, 3.63) is 23.3 Å². The summed E-state index contributed by atoms with van der Waals surface area (Å²) in [6, 6.07) is 4.14. The fourth-order valence-electron chi connectivity index (χ4n) is 2.04. The molecule has 0 amide bonds. The predicted molar refractivity (Wildman–Crippen MR) is 65.0 cm³/mol. The van der Waals surface area contributed by atoms with Crippen molar-refractivity contribution in [3.63, 3.8) is 0 Å². The lowest BCUT2D eigenvalue weighted by atomic mass is 10.00. The van der Waals surface area contributed by atoms with E-state index < -0.39 is 0 Å². The van der Waals surface area contributed by atoms with E-state index in [1.807, 2.05) is 6.07 Å². The summed E-state index contributed by atoms with van der Waals surface area (Å²) >= 11 is 0. The molecule has 0 spiro atoms. The molecule has 2 aromatic rings. The molecule has 1 aromatic heterocycles. The summed E-state index contributed by atoms with van der Waals surface area (Å²) in [5.41, 5.74) is 10.1. The number of nitrogens with one attached hydrogen (secondary N) is 1. The number of hydrogen-bond acceptors (Lipinski definition) is 3. The SMILES string of the molecule is CCCCCc1ccc2n[nH]nc2c1CN. The molecule has 0 saturated heterocycles. The molecule has 3 N–H and O–H groups in total. The topological polar surface area (TPSA) is 67.6 Å². The van der Waals surface area contributed by atoms with E-state index in [9.17, 15) is 0 Å². The van der Waals surface area contributed by atoms with Gasteiger partial charge in [-0.15, -0.1) is 0 Å². The minimum atomic E-state index is 0.533. The summed E-state index contributed by atoms with van der Waals surface area (Å²) in [6.45, 7) is 2.75. The molecule has 0 aliphatic carbocycles. The van der Waals surface area contributed by atoms with Gasteiger partial charge in [0.05, 0.1) is 0 Å². The van der Waals surface area contributed by atoms with Gasteiger partial charge in [-0.1, -0.05) is 25.8 Å². The van der Waals surface area contributed by atoms with Crippen LogP contribution in [-0.2, 0) is 13.0 Å². The van der Waals surface area contributed by atoms with Crippen LogP contribution in [0.4, 0.5) is 0 Å². The Balaban J connectivity index is 2.29. The van der Waals surface area contributed by atoms with Crippen LogP contribution in [0.2, 0.25) is 0 Å². The molecule has 2 rings (SSSR count). The fraction of sp³-hybridized carbons (Fsp3) is 0.500. The minimum Gasteiger partial charge on any atom is -0.326 e. The Bertz CT molecular complexity index is 461. The maximum absolute atomic E-state index is 5.80. The van der Waals surface area contributed by atoms with Gasteiger partial charge in [0, 0.05) is 6.54 Å². The Kier molecular flexibility index (Phi) is 3.51. The molecule has 0 saturated carbocycles. The maximum Gasteiger partial charge on any atom is 0.117 e. The number of rotatable bonds is 5. The zero-order chi connectivity index (χ0) is 11.4. The Morgan fingerprint density at radius 2 is 2.12 bits per heavy atom. The lowest BCUT2D eigenvalue weighted by Gasteiger charge is -2.07. The van der Waals surface area contributed by atoms with Crippen molar-refractivity contribution < 1.29 is 0 Å². The molecule has 16 heavy (non-hydrogen) atoms. The fourth-order valence-corrected chi connectivity index (χ4v) is 2.04. The van der Waals surface area contributed by atoms with E-state index in [0.717, 1.165) is 23.0 Å². The predicted octanol–water partition coefficient (Wildman–Crippen LogP) is 2.15. The number of aryl methyl sites for hydroxylation is 1. The summed E-state index contributed by atoms with van der Waals surface area (Å²) in [7, 11) is 0. The molecule has 86 valence electrons. The molecule has 4 nitrogen and oxygen atoms in total. The van der Waals surface area contributed by atoms with Gasteiger partial charge in [0.1, 0.15) is 11.0 Å². The number of H-pyrrole nitrogens is 1. The standard InChI is InChI=1S/C12H18N4/c1-2-3-4-5-9-6-7-11-12(10(9)8-13)15-16-14-11/h6-7H,2-5,8,13H2,1H3,(H,14,15,16). The van der Waals surface area contributed by atoms with Crippen LogP contribution in [0.25, 0.3) is 11.0 Å². The van der Waals surface area contributed by atoms with E-state index in [0.29, 0.717) is 6.54 Å². The lowest BCUT2D eigenvalue weighted by Crippen LogP contribution is -2.03. The number of nitrogens with two attached hydrogens (primary N) is 1. The van der Waals surface area contributed by atoms with Crippen LogP contribution in [0.5, 0.6) is 0 Å². The molecular weight excluding hydrogens is 200 g/mol. The van der Waals surface area contributed by atoms with E-state index in [4.69, 9.17) is 5.73 Å². The zero-order valence-electron chi connectivity index (χ0n) is 9.66. The summed E-state index contributed by atoms with van der Waals surface area (Å²) in [6.07, 6.45) is 4.81. The number of nitrogens with zero attached hydrogens (tertiary/aromatic N) is 2. The van der Waals surface area contributed by atoms with Crippen LogP contribution >= 0.6 is 0 Å². The van der Waals surface area contributed by atoms with Crippen LogP contribution in [0.3, 0.4) is 0 Å². The first-order valence-corrected chi connectivity index (χ1v) is 5.88. The highest BCUT2D eigenvalue weighted by Gasteiger charge is 2.08. The van der Waals surface area contributed by atoms with Gasteiger partial charge in [0.25, 0.3) is 0 Å². The van der Waals surface area contributed by atoms with Crippen molar-refractivity contribution in [1.29, 1.82) is 0 Å². The lowest BCUT2D eigenvalue weighted by molar-refractivity contribution is 0.714. The zero-order valence-corrected chi connectivity index (χ0v) is 9.66. The normalized spacial score (nSPS) is 11.1. The van der Waals surface area contributed by atoms with Gasteiger partial charge in [0.15, 0.2) is 0 Å². The van der Waals surface area contributed by atoms with Gasteiger partial charge >= 0.3 is 0 Å². The Morgan fingerprint density at radius 3 is 2.88 bits per heavy atom. The van der Waals surface area contributed by atoms with Gasteiger partial charge in [-0.2, -0.15) is 15.4 Å². The van der Waals surface area contributed by atoms with Crippen LogP contribution in [0.1, 0.15) is 37.3 Å². The van der Waals surface area contributed by atoms with E-state index in [1.165, 1.54) is 24.8 Å². The Morgan fingerprint density at radius 1 is 1.25 bits per heavy atom. The van der Waals surface area contributed by atoms with E-state index in [1.54, 1.807) is 0 Å². The first-order chi connectivity index (χ1) is 7.86. The monoisotopic (exact) mass is 218 g/mol. The van der Waals surface area contributed by atoms with Gasteiger partial charge in [-0.3, -0.25) is 0 Å². The number of hydrogen-bond donors (Lipinski definition) is 2. The average molecular weight is 218 g/mol. The molecule has 4 heteroatoms. The Hall–Kier alpha value is -1.42. The third kappa shape index (κ3) is 2.07. The van der Waals surface area contributed by atoms with E-state index in [-0.39, 0.29) is 0 Å². The molecule has 0 aliphatic heterocycles. The first-order valence-electron chi connectivity index (χ1n) is 5.88. The van der Waals surface area contributed by atoms with Crippen molar-refractivity contribution >= 4 is 11.0 Å². The molecule has 0 bridgehead atoms. The van der Waals surface area contributed by atoms with Gasteiger partial charge in [-0.05, 0) is 30.0 Å². The molecular formula is C12H18N4. The molecule has 0 fully saturated rings. The van der Waals surface area contributed by atoms with Gasteiger partial charge in [0.2, 0.25) is 0 Å². The average Bonchev–Trinajstić information content (AvgIpc) is 2.77. The van der Waals surface area contributed by atoms with Crippen LogP contribution < -0.4 is 5.73 Å². The summed E-state index contributed by atoms with van der Waals surface area (Å²) < 4.78 is 0. The first kappa shape index (κ1) is 11.1. The molecule has 0 aliphatic rings. The molecule has 0 radical (unpaired) electrons. The maximum atomic E-state index is 5.80. The summed E-state index contributed by atoms with van der Waals surface area (Å²) in [5.74, 6) is 0. The van der Waals surface area contributed by atoms with E-state index >= 15 is 0 Å². The smallest absolute Gasteiger partial charge is 0.117 e. The van der Waals surface area contributed by atoms with Gasteiger partial charge in [-0.25, -0.2) is 0 Å². The molecule has 0 unspecified atom stereocenters. The number of unbranched alkanes of at least 4 members (excludes halogenated alkanes) is 2. The minimum absolute atomic E-state index is 0.533. The summed E-state index contributed by atoms with van der Waals surface area (Å²) in [5, 5.41) is 10.9. The number of fused-ring (bicyclic) bond motifs is 1. The number of aromatic amines is 1. The van der Waals surface area contributed by atoms with Crippen molar-refractivity contribution in [2.75, 3.05) is 0 Å². The highest BCUT2D eigenvalue weighted by Crippen LogP contribution is 2.20. The third-order valence-electron chi connectivity index (χ3n) is 2.94. The third-order valence-corrected chi connectivity index (χ3v) is 2.94. The highest BCUT2D eigenvalue weighted by molar-refractivity contribution is 5.78. The van der Waals surface area contributed by atoms with Crippen molar-refractivity contribution in [3.8, 4) is 0 Å². The van der Waals surface area contributed by atoms with Crippen molar-refractivity contribution in [2.45, 2.75) is 39.2 Å². The van der Waals surface area contributed by atoms with Crippen LogP contribution in [0, 0.1) is 0 Å². The van der Waals surface area contributed by atoms with Crippen molar-refractivity contribution in [2.24, 2.45) is 5.73 Å². The highest BCUT2D eigenvalue weighted by atomic mass is 15.3. The second-order valence-corrected chi connectivity index (χ2v) is 4.06. The Labute approximate surface area is 95.2 Å². The molecule has 1 heterocycles. The second kappa shape index (κ2) is 5.07. The quantitative estimate of drug-likeness (QED) is 0.755. The van der Waals surface area contributed by atoms with Crippen LogP contribution in [0.15, 0.2) is 12.1 Å². The van der Waals surface area contributed by atoms with Crippen molar-refractivity contribution in [1.82, 2.24) is 15.4 Å². The number of aromatic nitrogens is 3. The van der Waals surface area contributed by atoms with E-state index in [2.05, 4.69) is 28.4 Å². The second-order valence-electron chi connectivity index (χ2n) is 4.06. The number of benzene rings is 1. The summed E-state index contributed by atoms with van der Waals surface area (Å²) in [4.78, 5) is 0. The van der Waals surface area contributed by atoms with Gasteiger partial charge < -0.3 is 5.73 Å². The largest absolute Gasteiger partial charge is 0.326 e.